The summed E-state index contributed by atoms with van der Waals surface area (Å²) in [4.78, 5) is 10.9. The van der Waals surface area contributed by atoms with Crippen molar-refractivity contribution in [3.8, 4) is 0 Å². The van der Waals surface area contributed by atoms with Gasteiger partial charge in [-0.05, 0) is 20.8 Å². The average Bonchev–Trinajstić information content (AvgIpc) is 2.02. The van der Waals surface area contributed by atoms with E-state index >= 15 is 0 Å². The molecule has 66 valence electrons. The molecule has 0 aromatic heterocycles. The van der Waals surface area contributed by atoms with Gasteiger partial charge in [-0.2, -0.15) is 0 Å². The number of carbonyl (C=O) groups excluding carboxylic acids is 1. The van der Waals surface area contributed by atoms with Crippen LogP contribution >= 0.6 is 0 Å². The molecule has 0 N–H and O–H groups in total. The molecule has 0 fully saturated rings. The molecule has 0 amide bonds. The summed E-state index contributed by atoms with van der Waals surface area (Å²) in [5.41, 5.74) is 0. The number of esters is 1. The normalized spacial score (nSPS) is 15.6. The fraction of sp³-hybridized carbons (Fsp3) is 0.875. The zero-order chi connectivity index (χ0) is 8.85. The van der Waals surface area contributed by atoms with Crippen molar-refractivity contribution in [1.82, 2.24) is 0 Å². The Morgan fingerprint density at radius 1 is 1.45 bits per heavy atom. The van der Waals surface area contributed by atoms with E-state index in [1.807, 2.05) is 13.8 Å². The van der Waals surface area contributed by atoms with Gasteiger partial charge in [0.15, 0.2) is 0 Å². The summed E-state index contributed by atoms with van der Waals surface area (Å²) in [5.74, 6) is -0.397. The highest BCUT2D eigenvalue weighted by Gasteiger charge is 2.20. The van der Waals surface area contributed by atoms with E-state index in [4.69, 9.17) is 4.74 Å². The second-order valence-electron chi connectivity index (χ2n) is 2.47. The van der Waals surface area contributed by atoms with Crippen LogP contribution in [0.5, 0.6) is 0 Å². The van der Waals surface area contributed by atoms with Gasteiger partial charge in [-0.15, -0.1) is 0 Å². The maximum Gasteiger partial charge on any atom is 0.311 e. The first-order chi connectivity index (χ1) is 5.13. The zero-order valence-corrected chi connectivity index (χ0v) is 7.59. The predicted octanol–water partition coefficient (Wildman–Crippen LogP) is 1.22. The molecule has 0 aliphatic carbocycles. The highest BCUT2D eigenvalue weighted by Crippen LogP contribution is 2.07. The Morgan fingerprint density at radius 3 is 2.36 bits per heavy atom. The van der Waals surface area contributed by atoms with Crippen molar-refractivity contribution >= 4 is 5.97 Å². The van der Waals surface area contributed by atoms with E-state index < -0.39 is 0 Å². The van der Waals surface area contributed by atoms with Crippen molar-refractivity contribution in [2.24, 2.45) is 5.92 Å². The minimum atomic E-state index is -0.217. The number of hydrogen-bond acceptors (Lipinski definition) is 3. The van der Waals surface area contributed by atoms with Gasteiger partial charge in [-0.25, -0.2) is 0 Å². The van der Waals surface area contributed by atoms with Gasteiger partial charge in [-0.3, -0.25) is 4.79 Å². The van der Waals surface area contributed by atoms with E-state index in [1.54, 1.807) is 6.92 Å². The van der Waals surface area contributed by atoms with Crippen LogP contribution in [0.25, 0.3) is 0 Å². The molecular formula is C8H16O3. The Labute approximate surface area is 67.7 Å². The summed E-state index contributed by atoms with van der Waals surface area (Å²) in [5, 5.41) is 0. The van der Waals surface area contributed by atoms with E-state index in [0.29, 0.717) is 6.61 Å². The van der Waals surface area contributed by atoms with Crippen LogP contribution in [0.1, 0.15) is 20.8 Å². The van der Waals surface area contributed by atoms with E-state index in [2.05, 4.69) is 4.74 Å². The molecule has 0 spiro atoms. The third-order valence-electron chi connectivity index (χ3n) is 1.71. The lowest BCUT2D eigenvalue weighted by molar-refractivity contribution is -0.149. The maximum absolute atomic E-state index is 10.9. The van der Waals surface area contributed by atoms with Gasteiger partial charge in [-0.1, -0.05) is 0 Å². The Morgan fingerprint density at radius 2 is 2.00 bits per heavy atom. The molecule has 0 aliphatic rings. The van der Waals surface area contributed by atoms with Gasteiger partial charge in [0, 0.05) is 6.61 Å². The summed E-state index contributed by atoms with van der Waals surface area (Å²) in [6.07, 6.45) is -0.0625. The zero-order valence-electron chi connectivity index (χ0n) is 7.59. The highest BCUT2D eigenvalue weighted by molar-refractivity contribution is 5.72. The summed E-state index contributed by atoms with van der Waals surface area (Å²) in [6.45, 7) is 6.19. The SMILES string of the molecule is CCOC(C)C(C)C(=O)OC. The van der Waals surface area contributed by atoms with Gasteiger partial charge < -0.3 is 9.47 Å². The Kier molecular flexibility index (Phi) is 4.86. The van der Waals surface area contributed by atoms with Gasteiger partial charge in [0.25, 0.3) is 0 Å². The number of methoxy groups -OCH3 is 1. The van der Waals surface area contributed by atoms with Crippen molar-refractivity contribution in [2.75, 3.05) is 13.7 Å². The summed E-state index contributed by atoms with van der Waals surface area (Å²) < 4.78 is 9.79. The predicted molar refractivity (Wildman–Crippen MR) is 42.3 cm³/mol. The van der Waals surface area contributed by atoms with E-state index in [9.17, 15) is 4.79 Å². The third kappa shape index (κ3) is 3.37. The second kappa shape index (κ2) is 5.13. The van der Waals surface area contributed by atoms with Crippen LogP contribution in [0.4, 0.5) is 0 Å². The molecule has 3 nitrogen and oxygen atoms in total. The molecule has 0 aromatic carbocycles. The molecule has 0 bridgehead atoms. The first-order valence-electron chi connectivity index (χ1n) is 3.82. The Hall–Kier alpha value is -0.570. The van der Waals surface area contributed by atoms with Crippen LogP contribution in [0, 0.1) is 5.92 Å². The largest absolute Gasteiger partial charge is 0.469 e. The molecule has 2 atom stereocenters. The molecule has 2 unspecified atom stereocenters. The molecule has 0 saturated heterocycles. The minimum Gasteiger partial charge on any atom is -0.469 e. The van der Waals surface area contributed by atoms with Crippen LogP contribution in [0.15, 0.2) is 0 Å². The molecule has 0 rings (SSSR count). The lowest BCUT2D eigenvalue weighted by Gasteiger charge is -2.16. The van der Waals surface area contributed by atoms with Gasteiger partial charge in [0.1, 0.15) is 0 Å². The fourth-order valence-corrected chi connectivity index (χ4v) is 0.785. The third-order valence-corrected chi connectivity index (χ3v) is 1.71. The summed E-state index contributed by atoms with van der Waals surface area (Å²) in [6, 6.07) is 0. The smallest absolute Gasteiger partial charge is 0.311 e. The van der Waals surface area contributed by atoms with E-state index in [1.165, 1.54) is 7.11 Å². The molecular weight excluding hydrogens is 144 g/mol. The standard InChI is InChI=1S/C8H16O3/c1-5-11-7(3)6(2)8(9)10-4/h6-7H,5H2,1-4H3. The second-order valence-corrected chi connectivity index (χ2v) is 2.47. The number of hydrogen-bond donors (Lipinski definition) is 0. The van der Waals surface area contributed by atoms with Gasteiger partial charge in [0.2, 0.25) is 0 Å². The van der Waals surface area contributed by atoms with Crippen molar-refractivity contribution in [3.05, 3.63) is 0 Å². The lowest BCUT2D eigenvalue weighted by Crippen LogP contribution is -2.26. The average molecular weight is 160 g/mol. The quantitative estimate of drug-likeness (QED) is 0.580. The molecule has 0 aromatic rings. The van der Waals surface area contributed by atoms with Crippen molar-refractivity contribution < 1.29 is 14.3 Å². The summed E-state index contributed by atoms with van der Waals surface area (Å²) >= 11 is 0. The van der Waals surface area contributed by atoms with E-state index in [-0.39, 0.29) is 18.0 Å². The van der Waals surface area contributed by atoms with Crippen molar-refractivity contribution in [2.45, 2.75) is 26.9 Å². The highest BCUT2D eigenvalue weighted by atomic mass is 16.5. The van der Waals surface area contributed by atoms with Crippen molar-refractivity contribution in [3.63, 3.8) is 0 Å². The molecule has 0 heterocycles. The molecule has 11 heavy (non-hydrogen) atoms. The Balaban J connectivity index is 3.80. The van der Waals surface area contributed by atoms with Crippen LogP contribution < -0.4 is 0 Å². The lowest BCUT2D eigenvalue weighted by atomic mass is 10.1. The van der Waals surface area contributed by atoms with Crippen LogP contribution in [0.2, 0.25) is 0 Å². The summed E-state index contributed by atoms with van der Waals surface area (Å²) in [7, 11) is 1.39. The monoisotopic (exact) mass is 160 g/mol. The van der Waals surface area contributed by atoms with Crippen LogP contribution in [-0.4, -0.2) is 25.8 Å². The molecule has 3 heteroatoms. The van der Waals surface area contributed by atoms with Crippen LogP contribution in [0.3, 0.4) is 0 Å². The minimum absolute atomic E-state index is 0.0625. The van der Waals surface area contributed by atoms with E-state index in [0.717, 1.165) is 0 Å². The van der Waals surface area contributed by atoms with Crippen LogP contribution in [-0.2, 0) is 14.3 Å². The molecule has 0 aliphatic heterocycles. The maximum atomic E-state index is 10.9. The first kappa shape index (κ1) is 10.4. The van der Waals surface area contributed by atoms with Gasteiger partial charge in [0.05, 0.1) is 19.1 Å². The first-order valence-corrected chi connectivity index (χ1v) is 3.82. The topological polar surface area (TPSA) is 35.5 Å². The molecule has 0 radical (unpaired) electrons. The number of rotatable bonds is 4. The van der Waals surface area contributed by atoms with Gasteiger partial charge >= 0.3 is 5.97 Å². The molecule has 0 saturated carbocycles. The number of ether oxygens (including phenoxy) is 2. The number of carbonyl (C=O) groups is 1. The Bertz CT molecular complexity index is 123. The fourth-order valence-electron chi connectivity index (χ4n) is 0.785. The van der Waals surface area contributed by atoms with Crippen molar-refractivity contribution in [1.29, 1.82) is 0 Å².